The first-order valence-electron chi connectivity index (χ1n) is 7.47. The Bertz CT molecular complexity index is 676. The van der Waals surface area contributed by atoms with Crippen molar-refractivity contribution in [3.05, 3.63) is 59.7 Å². The summed E-state index contributed by atoms with van der Waals surface area (Å²) < 4.78 is 5.23. The van der Waals surface area contributed by atoms with E-state index in [4.69, 9.17) is 10.5 Å². The highest BCUT2D eigenvalue weighted by Gasteiger charge is 2.26. The number of hydrogen-bond donors (Lipinski definition) is 1. The Kier molecular flexibility index (Phi) is 5.64. The molecule has 0 bridgehead atoms. The Labute approximate surface area is 142 Å². The predicted molar refractivity (Wildman–Crippen MR) is 94.3 cm³/mol. The second kappa shape index (κ2) is 7.49. The van der Waals surface area contributed by atoms with E-state index in [-0.39, 0.29) is 24.4 Å². The van der Waals surface area contributed by atoms with Gasteiger partial charge in [0.05, 0.1) is 7.11 Å². The third-order valence-corrected chi connectivity index (χ3v) is 4.11. The molecule has 5 heteroatoms. The van der Waals surface area contributed by atoms with Gasteiger partial charge in [0.25, 0.3) is 0 Å². The Morgan fingerprint density at radius 3 is 2.70 bits per heavy atom. The number of hydrogen-bond acceptors (Lipinski definition) is 3. The van der Waals surface area contributed by atoms with Gasteiger partial charge in [-0.25, -0.2) is 0 Å². The van der Waals surface area contributed by atoms with Crippen LogP contribution in [0, 0.1) is 0 Å². The van der Waals surface area contributed by atoms with Gasteiger partial charge in [0.1, 0.15) is 5.75 Å². The molecule has 0 saturated carbocycles. The van der Waals surface area contributed by atoms with Crippen LogP contribution in [-0.4, -0.2) is 19.6 Å². The van der Waals surface area contributed by atoms with Crippen LogP contribution in [0.15, 0.2) is 48.5 Å². The second-order valence-corrected chi connectivity index (χ2v) is 5.51. The maximum absolute atomic E-state index is 12.6. The molecule has 2 N–H and O–H groups in total. The molecule has 0 aliphatic carbocycles. The topological polar surface area (TPSA) is 55.6 Å². The molecular weight excluding hydrogens is 312 g/mol. The zero-order valence-corrected chi connectivity index (χ0v) is 13.9. The fourth-order valence-corrected chi connectivity index (χ4v) is 2.88. The number of carbonyl (C=O) groups excluding carboxylic acids is 1. The van der Waals surface area contributed by atoms with Gasteiger partial charge in [-0.1, -0.05) is 30.3 Å². The largest absolute Gasteiger partial charge is 0.497 e. The van der Waals surface area contributed by atoms with Crippen LogP contribution < -0.4 is 15.4 Å². The molecule has 1 unspecified atom stereocenters. The molecule has 2 aromatic carbocycles. The van der Waals surface area contributed by atoms with Gasteiger partial charge in [-0.3, -0.25) is 4.79 Å². The van der Waals surface area contributed by atoms with Gasteiger partial charge in [0.2, 0.25) is 5.91 Å². The minimum Gasteiger partial charge on any atom is -0.497 e. The van der Waals surface area contributed by atoms with Crippen molar-refractivity contribution in [1.29, 1.82) is 0 Å². The number of nitrogens with zero attached hydrogens (tertiary/aromatic N) is 1. The zero-order valence-electron chi connectivity index (χ0n) is 13.1. The molecule has 2 aromatic rings. The standard InChI is InChI=1S/C18H20N2O2.ClH/c1-22-15-7-8-17-14(11-15)9-10-20(17)18(21)12-16(19)13-5-3-2-4-6-13;/h2-8,11,16H,9-10,12,19H2,1H3;1H. The highest BCUT2D eigenvalue weighted by molar-refractivity contribution is 5.96. The summed E-state index contributed by atoms with van der Waals surface area (Å²) >= 11 is 0. The van der Waals surface area contributed by atoms with E-state index in [1.54, 1.807) is 7.11 Å². The fourth-order valence-electron chi connectivity index (χ4n) is 2.88. The first-order chi connectivity index (χ1) is 10.7. The van der Waals surface area contributed by atoms with Gasteiger partial charge in [-0.15, -0.1) is 12.4 Å². The van der Waals surface area contributed by atoms with E-state index >= 15 is 0 Å². The number of methoxy groups -OCH3 is 1. The maximum atomic E-state index is 12.6. The maximum Gasteiger partial charge on any atom is 0.228 e. The quantitative estimate of drug-likeness (QED) is 0.936. The minimum absolute atomic E-state index is 0. The minimum atomic E-state index is -0.268. The van der Waals surface area contributed by atoms with Crippen LogP contribution in [0.2, 0.25) is 0 Å². The number of ether oxygens (including phenoxy) is 1. The Hall–Kier alpha value is -2.04. The molecule has 1 aliphatic heterocycles. The van der Waals surface area contributed by atoms with Crippen molar-refractivity contribution in [1.82, 2.24) is 0 Å². The smallest absolute Gasteiger partial charge is 0.228 e. The average molecular weight is 333 g/mol. The summed E-state index contributed by atoms with van der Waals surface area (Å²) in [5.74, 6) is 0.898. The molecule has 3 rings (SSSR count). The van der Waals surface area contributed by atoms with E-state index in [0.29, 0.717) is 13.0 Å². The lowest BCUT2D eigenvalue weighted by Gasteiger charge is -2.20. The van der Waals surface area contributed by atoms with Crippen molar-refractivity contribution < 1.29 is 9.53 Å². The SMILES string of the molecule is COc1ccc2c(c1)CCN2C(=O)CC(N)c1ccccc1.Cl. The summed E-state index contributed by atoms with van der Waals surface area (Å²) in [4.78, 5) is 14.4. The lowest BCUT2D eigenvalue weighted by atomic mass is 10.0. The Balaban J connectivity index is 0.00000192. The number of anilines is 1. The van der Waals surface area contributed by atoms with E-state index < -0.39 is 0 Å². The molecule has 23 heavy (non-hydrogen) atoms. The first-order valence-corrected chi connectivity index (χ1v) is 7.47. The molecule has 122 valence electrons. The molecule has 0 fully saturated rings. The molecule has 0 radical (unpaired) electrons. The fraction of sp³-hybridized carbons (Fsp3) is 0.278. The van der Waals surface area contributed by atoms with Crippen LogP contribution in [0.1, 0.15) is 23.6 Å². The summed E-state index contributed by atoms with van der Waals surface area (Å²) in [5, 5.41) is 0. The monoisotopic (exact) mass is 332 g/mol. The third-order valence-electron chi connectivity index (χ3n) is 4.11. The van der Waals surface area contributed by atoms with E-state index in [0.717, 1.165) is 29.0 Å². The third kappa shape index (κ3) is 3.66. The Morgan fingerprint density at radius 1 is 1.26 bits per heavy atom. The molecule has 0 spiro atoms. The molecular formula is C18H21ClN2O2. The van der Waals surface area contributed by atoms with Gasteiger partial charge in [-0.05, 0) is 35.7 Å². The number of rotatable bonds is 4. The van der Waals surface area contributed by atoms with Crippen LogP contribution in [-0.2, 0) is 11.2 Å². The highest BCUT2D eigenvalue weighted by Crippen LogP contribution is 2.32. The molecule has 1 aliphatic rings. The Morgan fingerprint density at radius 2 is 2.00 bits per heavy atom. The summed E-state index contributed by atoms with van der Waals surface area (Å²) in [6.45, 7) is 0.711. The van der Waals surface area contributed by atoms with Gasteiger partial charge in [0, 0.05) is 24.7 Å². The molecule has 1 amide bonds. The highest BCUT2D eigenvalue weighted by atomic mass is 35.5. The van der Waals surface area contributed by atoms with Crippen LogP contribution in [0.3, 0.4) is 0 Å². The van der Waals surface area contributed by atoms with Gasteiger partial charge < -0.3 is 15.4 Å². The second-order valence-electron chi connectivity index (χ2n) is 5.51. The normalized spacial score (nSPS) is 13.9. The number of amides is 1. The van der Waals surface area contributed by atoms with Crippen molar-refractivity contribution in [2.24, 2.45) is 5.73 Å². The van der Waals surface area contributed by atoms with Gasteiger partial charge in [0.15, 0.2) is 0 Å². The number of nitrogens with two attached hydrogens (primary N) is 1. The zero-order chi connectivity index (χ0) is 15.5. The lowest BCUT2D eigenvalue weighted by Crippen LogP contribution is -2.31. The summed E-state index contributed by atoms with van der Waals surface area (Å²) in [6.07, 6.45) is 1.17. The van der Waals surface area contributed by atoms with Crippen LogP contribution >= 0.6 is 12.4 Å². The van der Waals surface area contributed by atoms with Crippen LogP contribution in [0.25, 0.3) is 0 Å². The van der Waals surface area contributed by atoms with Crippen molar-refractivity contribution in [3.8, 4) is 5.75 Å². The van der Waals surface area contributed by atoms with Crippen molar-refractivity contribution in [3.63, 3.8) is 0 Å². The number of benzene rings is 2. The van der Waals surface area contributed by atoms with E-state index in [1.807, 2.05) is 53.4 Å². The van der Waals surface area contributed by atoms with E-state index in [2.05, 4.69) is 0 Å². The number of fused-ring (bicyclic) bond motifs is 1. The lowest BCUT2D eigenvalue weighted by molar-refractivity contribution is -0.118. The summed E-state index contributed by atoms with van der Waals surface area (Å²) in [5.41, 5.74) is 9.28. The first kappa shape index (κ1) is 17.3. The van der Waals surface area contributed by atoms with Gasteiger partial charge >= 0.3 is 0 Å². The molecule has 0 saturated heterocycles. The summed E-state index contributed by atoms with van der Waals surface area (Å²) in [7, 11) is 1.65. The number of halogens is 1. The summed E-state index contributed by atoms with van der Waals surface area (Å²) in [6, 6.07) is 15.3. The van der Waals surface area contributed by atoms with E-state index in [9.17, 15) is 4.79 Å². The average Bonchev–Trinajstić information content (AvgIpc) is 2.98. The van der Waals surface area contributed by atoms with Gasteiger partial charge in [-0.2, -0.15) is 0 Å². The molecule has 4 nitrogen and oxygen atoms in total. The molecule has 0 aromatic heterocycles. The molecule has 1 heterocycles. The van der Waals surface area contributed by atoms with Crippen molar-refractivity contribution in [2.45, 2.75) is 18.9 Å². The van der Waals surface area contributed by atoms with E-state index in [1.165, 1.54) is 0 Å². The van der Waals surface area contributed by atoms with Crippen LogP contribution in [0.5, 0.6) is 5.75 Å². The van der Waals surface area contributed by atoms with Crippen molar-refractivity contribution >= 4 is 24.0 Å². The predicted octanol–water partition coefficient (Wildman–Crippen LogP) is 3.10. The van der Waals surface area contributed by atoms with Crippen LogP contribution in [0.4, 0.5) is 5.69 Å². The molecule has 1 atom stereocenters. The number of carbonyl (C=O) groups is 1. The van der Waals surface area contributed by atoms with Crippen molar-refractivity contribution in [2.75, 3.05) is 18.6 Å².